The van der Waals surface area contributed by atoms with Gasteiger partial charge < -0.3 is 0 Å². The van der Waals surface area contributed by atoms with Crippen LogP contribution >= 0.6 is 0 Å². The second-order valence-corrected chi connectivity index (χ2v) is 11.9. The minimum Gasteiger partial charge on any atom is -0.267 e. The molecule has 6 rings (SSSR count). The highest BCUT2D eigenvalue weighted by Gasteiger charge is 2.69. The molecule has 1 heterocycles. The Bertz CT molecular complexity index is 1300. The summed E-state index contributed by atoms with van der Waals surface area (Å²) in [7, 11) is 0. The smallest absolute Gasteiger partial charge is 0.267 e. The summed E-state index contributed by atoms with van der Waals surface area (Å²) in [6.45, 7) is 9.49. The standard InChI is InChI=1S/C29H30F2N2O/c1-27(2)16-22-23(25-28(3,4)19-13-14-29(25,27)15-19)32-33(24(22)17-5-9-20(30)10-6-17)26(34)18-7-11-21(31)12-8-18/h5-12,19,25H,13-16H2,1-4H3. The number of nitrogens with zero attached hydrogens (tertiary/aromatic N) is 2. The first-order valence-corrected chi connectivity index (χ1v) is 12.2. The van der Waals surface area contributed by atoms with Crippen LogP contribution in [0.1, 0.15) is 74.5 Å². The molecule has 176 valence electrons. The molecule has 34 heavy (non-hydrogen) atoms. The van der Waals surface area contributed by atoms with Gasteiger partial charge in [-0.15, -0.1) is 0 Å². The Labute approximate surface area is 199 Å². The van der Waals surface area contributed by atoms with Crippen molar-refractivity contribution in [1.82, 2.24) is 9.78 Å². The highest BCUT2D eigenvalue weighted by molar-refractivity contribution is 5.98. The number of halogens is 2. The fourth-order valence-corrected chi connectivity index (χ4v) is 7.80. The van der Waals surface area contributed by atoms with Gasteiger partial charge in [0.15, 0.2) is 0 Å². The number of carbonyl (C=O) groups excluding carboxylic acids is 1. The van der Waals surface area contributed by atoms with Crippen molar-refractivity contribution in [3.8, 4) is 11.3 Å². The van der Waals surface area contributed by atoms with Gasteiger partial charge in [-0.25, -0.2) is 8.78 Å². The third-order valence-corrected chi connectivity index (χ3v) is 9.55. The van der Waals surface area contributed by atoms with Gasteiger partial charge in [-0.05, 0) is 96.4 Å². The molecule has 3 nitrogen and oxygen atoms in total. The molecule has 2 bridgehead atoms. The zero-order valence-electron chi connectivity index (χ0n) is 20.2. The van der Waals surface area contributed by atoms with Gasteiger partial charge in [0.05, 0.1) is 11.4 Å². The summed E-state index contributed by atoms with van der Waals surface area (Å²) in [5, 5.41) is 5.05. The van der Waals surface area contributed by atoms with Gasteiger partial charge in [0.25, 0.3) is 5.91 Å². The van der Waals surface area contributed by atoms with E-state index in [2.05, 4.69) is 27.7 Å². The van der Waals surface area contributed by atoms with Crippen LogP contribution in [0.2, 0.25) is 0 Å². The van der Waals surface area contributed by atoms with Crippen molar-refractivity contribution in [1.29, 1.82) is 0 Å². The molecule has 3 aromatic rings. The average molecular weight is 461 g/mol. The summed E-state index contributed by atoms with van der Waals surface area (Å²) in [6, 6.07) is 11.9. The van der Waals surface area contributed by atoms with Gasteiger partial charge in [0.1, 0.15) is 11.6 Å². The molecular formula is C29H30F2N2O. The molecule has 5 heteroatoms. The molecule has 3 unspecified atom stereocenters. The van der Waals surface area contributed by atoms with Crippen LogP contribution in [0.4, 0.5) is 8.78 Å². The normalized spacial score (nSPS) is 27.9. The van der Waals surface area contributed by atoms with E-state index >= 15 is 0 Å². The summed E-state index contributed by atoms with van der Waals surface area (Å²) < 4.78 is 28.9. The highest BCUT2D eigenvalue weighted by Crippen LogP contribution is 2.77. The molecule has 1 aromatic heterocycles. The molecule has 0 amide bonds. The van der Waals surface area contributed by atoms with E-state index in [1.807, 2.05) is 0 Å². The number of aromatic nitrogens is 2. The second kappa shape index (κ2) is 6.87. The molecular weight excluding hydrogens is 430 g/mol. The number of fused-ring (bicyclic) bond motifs is 3. The van der Waals surface area contributed by atoms with Crippen LogP contribution in [0.15, 0.2) is 48.5 Å². The zero-order chi connectivity index (χ0) is 24.0. The Kier molecular flexibility index (Phi) is 4.38. The number of rotatable bonds is 2. The van der Waals surface area contributed by atoms with Gasteiger partial charge in [-0.2, -0.15) is 9.78 Å². The van der Waals surface area contributed by atoms with Crippen LogP contribution in [-0.4, -0.2) is 15.7 Å². The van der Waals surface area contributed by atoms with Crippen molar-refractivity contribution in [3.63, 3.8) is 0 Å². The lowest BCUT2D eigenvalue weighted by molar-refractivity contribution is 0.00338. The Morgan fingerprint density at radius 1 is 0.971 bits per heavy atom. The molecule has 0 aliphatic heterocycles. The summed E-state index contributed by atoms with van der Waals surface area (Å²) in [6.07, 6.45) is 4.48. The number of carbonyl (C=O) groups is 1. The second-order valence-electron chi connectivity index (χ2n) is 11.9. The van der Waals surface area contributed by atoms with E-state index in [4.69, 9.17) is 5.10 Å². The number of benzene rings is 2. The Morgan fingerprint density at radius 2 is 1.59 bits per heavy atom. The molecule has 2 saturated carbocycles. The molecule has 0 radical (unpaired) electrons. The maximum Gasteiger partial charge on any atom is 0.278 e. The van der Waals surface area contributed by atoms with Crippen LogP contribution in [-0.2, 0) is 6.42 Å². The van der Waals surface area contributed by atoms with Crippen molar-refractivity contribution in [2.45, 2.75) is 59.3 Å². The lowest BCUT2D eigenvalue weighted by Gasteiger charge is -2.55. The monoisotopic (exact) mass is 460 g/mol. The van der Waals surface area contributed by atoms with Gasteiger partial charge in [-0.1, -0.05) is 27.7 Å². The topological polar surface area (TPSA) is 34.9 Å². The summed E-state index contributed by atoms with van der Waals surface area (Å²) >= 11 is 0. The Morgan fingerprint density at radius 3 is 2.24 bits per heavy atom. The zero-order valence-corrected chi connectivity index (χ0v) is 20.2. The van der Waals surface area contributed by atoms with E-state index < -0.39 is 0 Å². The maximum absolute atomic E-state index is 13.8. The van der Waals surface area contributed by atoms with Crippen molar-refractivity contribution in [3.05, 3.63) is 77.0 Å². The first-order chi connectivity index (χ1) is 16.0. The number of hydrogen-bond acceptors (Lipinski definition) is 2. The lowest BCUT2D eigenvalue weighted by atomic mass is 9.49. The molecule has 0 N–H and O–H groups in total. The number of hydrogen-bond donors (Lipinski definition) is 0. The van der Waals surface area contributed by atoms with Crippen molar-refractivity contribution in [2.24, 2.45) is 22.2 Å². The summed E-state index contributed by atoms with van der Waals surface area (Å²) in [5.74, 6) is -0.0833. The molecule has 2 fully saturated rings. The van der Waals surface area contributed by atoms with Crippen LogP contribution in [0.25, 0.3) is 11.3 Å². The van der Waals surface area contributed by atoms with Gasteiger partial charge >= 0.3 is 0 Å². The van der Waals surface area contributed by atoms with Crippen LogP contribution in [0, 0.1) is 33.8 Å². The fourth-order valence-electron chi connectivity index (χ4n) is 7.80. The van der Waals surface area contributed by atoms with Crippen LogP contribution in [0.5, 0.6) is 0 Å². The third kappa shape index (κ3) is 2.73. The van der Waals surface area contributed by atoms with Gasteiger partial charge in [-0.3, -0.25) is 4.79 Å². The SMILES string of the molecule is CC1(C)C2CCC3(C2)C1c1nn(C(=O)c2ccc(F)cc2)c(-c2ccc(F)cc2)c1CC3(C)C. The van der Waals surface area contributed by atoms with E-state index in [-0.39, 0.29) is 39.7 Å². The van der Waals surface area contributed by atoms with E-state index in [0.717, 1.165) is 28.9 Å². The minimum absolute atomic E-state index is 0.0504. The molecule has 3 atom stereocenters. The predicted molar refractivity (Wildman–Crippen MR) is 128 cm³/mol. The molecule has 3 aliphatic rings. The molecule has 1 spiro atoms. The van der Waals surface area contributed by atoms with Gasteiger partial charge in [0.2, 0.25) is 0 Å². The van der Waals surface area contributed by atoms with Crippen molar-refractivity contribution >= 4 is 5.91 Å². The molecule has 2 aromatic carbocycles. The Balaban J connectivity index is 1.61. The predicted octanol–water partition coefficient (Wildman–Crippen LogP) is 7.01. The average Bonchev–Trinajstić information content (AvgIpc) is 3.44. The minimum atomic E-state index is -0.387. The third-order valence-electron chi connectivity index (χ3n) is 9.55. The first-order valence-electron chi connectivity index (χ1n) is 12.2. The molecule has 3 aliphatic carbocycles. The van der Waals surface area contributed by atoms with Crippen molar-refractivity contribution < 1.29 is 13.6 Å². The van der Waals surface area contributed by atoms with E-state index in [9.17, 15) is 13.6 Å². The maximum atomic E-state index is 13.8. The van der Waals surface area contributed by atoms with E-state index in [0.29, 0.717) is 11.5 Å². The Hall–Kier alpha value is -2.82. The summed E-state index contributed by atoms with van der Waals surface area (Å²) in [4.78, 5) is 13.7. The largest absolute Gasteiger partial charge is 0.278 e. The first kappa shape index (κ1) is 21.7. The fraction of sp³-hybridized carbons (Fsp3) is 0.448. The van der Waals surface area contributed by atoms with E-state index in [1.165, 1.54) is 60.3 Å². The highest BCUT2D eigenvalue weighted by atomic mass is 19.1. The quantitative estimate of drug-likeness (QED) is 0.412. The van der Waals surface area contributed by atoms with E-state index in [1.54, 1.807) is 12.1 Å². The van der Waals surface area contributed by atoms with Crippen LogP contribution < -0.4 is 0 Å². The van der Waals surface area contributed by atoms with Gasteiger partial charge in [0, 0.05) is 22.6 Å². The van der Waals surface area contributed by atoms with Crippen LogP contribution in [0.3, 0.4) is 0 Å². The summed E-state index contributed by atoms with van der Waals surface area (Å²) in [5.41, 5.74) is 4.34. The van der Waals surface area contributed by atoms with Crippen molar-refractivity contribution in [2.75, 3.05) is 0 Å². The lowest BCUT2D eigenvalue weighted by Crippen LogP contribution is -2.48. The molecule has 0 saturated heterocycles.